The molecule has 0 unspecified atom stereocenters. The van der Waals surface area contributed by atoms with Crippen LogP contribution in [0.25, 0.3) is 0 Å². The van der Waals surface area contributed by atoms with Crippen molar-refractivity contribution in [3.8, 4) is 0 Å². The van der Waals surface area contributed by atoms with Gasteiger partial charge in [0.2, 0.25) is 5.91 Å². The molecule has 4 rings (SSSR count). The molecule has 2 aromatic rings. The topological polar surface area (TPSA) is 109 Å². The van der Waals surface area contributed by atoms with Crippen molar-refractivity contribution in [3.63, 3.8) is 0 Å². The van der Waals surface area contributed by atoms with Gasteiger partial charge in [-0.1, -0.05) is 0 Å². The maximum absolute atomic E-state index is 12.6. The maximum Gasteiger partial charge on any atom is 0.417 e. The number of aromatic nitrogens is 3. The van der Waals surface area contributed by atoms with E-state index in [1.165, 1.54) is 6.07 Å². The van der Waals surface area contributed by atoms with Crippen molar-refractivity contribution in [1.82, 2.24) is 20.5 Å². The monoisotopic (exact) mass is 451 g/mol. The van der Waals surface area contributed by atoms with Gasteiger partial charge in [-0.3, -0.25) is 14.9 Å². The highest BCUT2D eigenvalue weighted by molar-refractivity contribution is 5.91. The highest BCUT2D eigenvalue weighted by atomic mass is 19.4. The van der Waals surface area contributed by atoms with Gasteiger partial charge in [0.25, 0.3) is 0 Å². The van der Waals surface area contributed by atoms with Crippen LogP contribution in [0.2, 0.25) is 0 Å². The molecule has 2 fully saturated rings. The molecule has 0 spiro atoms. The van der Waals surface area contributed by atoms with E-state index in [-0.39, 0.29) is 35.8 Å². The number of nitrogens with zero attached hydrogens (tertiary/aromatic N) is 2. The number of pyridine rings is 1. The Hall–Kier alpha value is -3.11. The Labute approximate surface area is 182 Å². The molecule has 0 aliphatic heterocycles. The molecule has 0 aromatic carbocycles. The zero-order valence-electron chi connectivity index (χ0n) is 17.5. The van der Waals surface area contributed by atoms with Gasteiger partial charge in [-0.25, -0.2) is 4.79 Å². The van der Waals surface area contributed by atoms with E-state index in [0.717, 1.165) is 43.9 Å². The van der Waals surface area contributed by atoms with Gasteiger partial charge < -0.3 is 15.4 Å². The summed E-state index contributed by atoms with van der Waals surface area (Å²) < 4.78 is 43.2. The number of halogens is 3. The van der Waals surface area contributed by atoms with Crippen LogP contribution in [0.5, 0.6) is 0 Å². The van der Waals surface area contributed by atoms with E-state index >= 15 is 0 Å². The number of hydrogen-bond donors (Lipinski definition) is 3. The number of aromatic amines is 1. The zero-order chi connectivity index (χ0) is 22.9. The molecule has 2 aromatic heterocycles. The third-order valence-corrected chi connectivity index (χ3v) is 5.85. The van der Waals surface area contributed by atoms with Crippen molar-refractivity contribution in [2.24, 2.45) is 0 Å². The molecular weight excluding hydrogens is 427 g/mol. The first-order chi connectivity index (χ1) is 15.1. The average molecular weight is 451 g/mol. The number of ether oxygens (including phenoxy) is 1. The molecule has 32 heavy (non-hydrogen) atoms. The SMILES string of the molecule is CC1(OC(=O)N[C@@H]2CC[C@H](c3cc(NC(=O)Cc4ccc(C(F)(F)F)cn4)n[nH]3)C2)CC1. The van der Waals surface area contributed by atoms with Crippen LogP contribution in [0.1, 0.15) is 61.9 Å². The van der Waals surface area contributed by atoms with Crippen molar-refractivity contribution < 1.29 is 27.5 Å². The molecule has 8 nitrogen and oxygen atoms in total. The van der Waals surface area contributed by atoms with Gasteiger partial charge in [-0.05, 0) is 51.2 Å². The predicted octanol–water partition coefficient (Wildman–Crippen LogP) is 3.92. The number of anilines is 1. The van der Waals surface area contributed by atoms with E-state index in [1.807, 2.05) is 6.92 Å². The maximum atomic E-state index is 12.6. The lowest BCUT2D eigenvalue weighted by molar-refractivity contribution is -0.137. The second-order valence-corrected chi connectivity index (χ2v) is 8.66. The van der Waals surface area contributed by atoms with Gasteiger partial charge in [0.1, 0.15) is 5.60 Å². The number of H-pyrrole nitrogens is 1. The summed E-state index contributed by atoms with van der Waals surface area (Å²) in [6, 6.07) is 3.82. The quantitative estimate of drug-likeness (QED) is 0.617. The average Bonchev–Trinajstić information content (AvgIpc) is 3.07. The van der Waals surface area contributed by atoms with Crippen LogP contribution < -0.4 is 10.6 Å². The second-order valence-electron chi connectivity index (χ2n) is 8.66. The molecule has 11 heteroatoms. The standard InChI is InChI=1S/C21H24F3N5O3/c1-20(6-7-20)32-19(31)26-15-4-2-12(8-15)16-10-17(29-28-16)27-18(30)9-14-5-3-13(11-25-14)21(22,23)24/h3,5,10-12,15H,2,4,6-9H2,1H3,(H,26,31)(H2,27,28,29,30)/t12-,15+/m0/s1. The first-order valence-corrected chi connectivity index (χ1v) is 10.5. The summed E-state index contributed by atoms with van der Waals surface area (Å²) in [5.41, 5.74) is -0.102. The molecular formula is C21H24F3N5O3. The van der Waals surface area contributed by atoms with Gasteiger partial charge in [0.05, 0.1) is 12.0 Å². The Morgan fingerprint density at radius 3 is 2.72 bits per heavy atom. The molecule has 2 aliphatic rings. The summed E-state index contributed by atoms with van der Waals surface area (Å²) in [5.74, 6) is 0.0542. The largest absolute Gasteiger partial charge is 0.443 e. The number of alkyl halides is 3. The Balaban J connectivity index is 1.25. The molecule has 0 radical (unpaired) electrons. The van der Waals surface area contributed by atoms with Crippen molar-refractivity contribution in [2.75, 3.05) is 5.32 Å². The van der Waals surface area contributed by atoms with Crippen LogP contribution in [-0.2, 0) is 22.1 Å². The lowest BCUT2D eigenvalue weighted by Gasteiger charge is -2.16. The third-order valence-electron chi connectivity index (χ3n) is 5.85. The lowest BCUT2D eigenvalue weighted by Crippen LogP contribution is -2.35. The van der Waals surface area contributed by atoms with Gasteiger partial charge in [0.15, 0.2) is 5.82 Å². The van der Waals surface area contributed by atoms with Gasteiger partial charge in [0, 0.05) is 35.6 Å². The van der Waals surface area contributed by atoms with Crippen molar-refractivity contribution in [2.45, 2.75) is 69.2 Å². The molecule has 2 heterocycles. The van der Waals surface area contributed by atoms with Crippen LogP contribution in [0.3, 0.4) is 0 Å². The number of nitrogens with one attached hydrogen (secondary N) is 3. The number of hydrogen-bond acceptors (Lipinski definition) is 5. The fourth-order valence-electron chi connectivity index (χ4n) is 3.75. The second kappa shape index (κ2) is 8.44. The first-order valence-electron chi connectivity index (χ1n) is 10.5. The number of alkyl carbamates (subject to hydrolysis) is 1. The van der Waals surface area contributed by atoms with E-state index in [2.05, 4.69) is 25.8 Å². The molecule has 2 aliphatic carbocycles. The predicted molar refractivity (Wildman–Crippen MR) is 108 cm³/mol. The minimum Gasteiger partial charge on any atom is -0.443 e. The highest BCUT2D eigenvalue weighted by Crippen LogP contribution is 2.39. The number of carbonyl (C=O) groups excluding carboxylic acids is 2. The Morgan fingerprint density at radius 2 is 2.06 bits per heavy atom. The van der Waals surface area contributed by atoms with E-state index in [1.54, 1.807) is 6.07 Å². The summed E-state index contributed by atoms with van der Waals surface area (Å²) in [5, 5.41) is 12.5. The minimum atomic E-state index is -4.47. The van der Waals surface area contributed by atoms with Crippen LogP contribution >= 0.6 is 0 Å². The molecule has 0 bridgehead atoms. The van der Waals surface area contributed by atoms with E-state index in [4.69, 9.17) is 4.74 Å². The number of carbonyl (C=O) groups is 2. The van der Waals surface area contributed by atoms with Gasteiger partial charge >= 0.3 is 12.3 Å². The van der Waals surface area contributed by atoms with Crippen molar-refractivity contribution >= 4 is 17.8 Å². The van der Waals surface area contributed by atoms with Crippen molar-refractivity contribution in [1.29, 1.82) is 0 Å². The zero-order valence-corrected chi connectivity index (χ0v) is 17.5. The molecule has 3 N–H and O–H groups in total. The summed E-state index contributed by atoms with van der Waals surface area (Å²) in [6.45, 7) is 1.91. The first kappa shape index (κ1) is 22.1. The summed E-state index contributed by atoms with van der Waals surface area (Å²) >= 11 is 0. The molecule has 2 saturated carbocycles. The summed E-state index contributed by atoms with van der Waals surface area (Å²) in [4.78, 5) is 27.9. The summed E-state index contributed by atoms with van der Waals surface area (Å²) in [7, 11) is 0. The highest BCUT2D eigenvalue weighted by Gasteiger charge is 2.42. The van der Waals surface area contributed by atoms with Gasteiger partial charge in [-0.15, -0.1) is 0 Å². The van der Waals surface area contributed by atoms with E-state index < -0.39 is 17.6 Å². The van der Waals surface area contributed by atoms with Crippen LogP contribution in [0, 0.1) is 0 Å². The summed E-state index contributed by atoms with van der Waals surface area (Å²) in [6.07, 6.45) is -0.122. The van der Waals surface area contributed by atoms with Crippen LogP contribution in [0.4, 0.5) is 23.8 Å². The smallest absolute Gasteiger partial charge is 0.417 e. The third kappa shape index (κ3) is 5.57. The normalized spacial score (nSPS) is 21.8. The number of rotatable bonds is 6. The molecule has 2 atom stereocenters. The number of amides is 2. The van der Waals surface area contributed by atoms with Crippen LogP contribution in [0.15, 0.2) is 24.4 Å². The molecule has 0 saturated heterocycles. The van der Waals surface area contributed by atoms with Crippen LogP contribution in [-0.4, -0.2) is 38.8 Å². The molecule has 172 valence electrons. The van der Waals surface area contributed by atoms with E-state index in [9.17, 15) is 22.8 Å². The molecule has 2 amide bonds. The van der Waals surface area contributed by atoms with Gasteiger partial charge in [-0.2, -0.15) is 18.3 Å². The minimum absolute atomic E-state index is 0.0157. The Kier molecular flexibility index (Phi) is 5.83. The fraction of sp³-hybridized carbons (Fsp3) is 0.524. The lowest BCUT2D eigenvalue weighted by atomic mass is 10.0. The Bertz CT molecular complexity index is 985. The van der Waals surface area contributed by atoms with Crippen molar-refractivity contribution in [3.05, 3.63) is 41.3 Å². The Morgan fingerprint density at radius 1 is 1.28 bits per heavy atom. The fourth-order valence-corrected chi connectivity index (χ4v) is 3.75. The van der Waals surface area contributed by atoms with E-state index in [0.29, 0.717) is 12.0 Å².